The molecule has 3 aromatic rings. The molecule has 5 rings (SSSR count). The van der Waals surface area contributed by atoms with Crippen molar-refractivity contribution in [1.82, 2.24) is 9.80 Å². The van der Waals surface area contributed by atoms with Crippen LogP contribution in [0, 0.1) is 0 Å². The van der Waals surface area contributed by atoms with E-state index in [0.29, 0.717) is 19.6 Å². The number of nitrogens with zero attached hydrogens (tertiary/aromatic N) is 2. The summed E-state index contributed by atoms with van der Waals surface area (Å²) in [6.45, 7) is 1.64. The van der Waals surface area contributed by atoms with E-state index in [1.165, 1.54) is 27.5 Å². The van der Waals surface area contributed by atoms with E-state index >= 15 is 0 Å². The smallest absolute Gasteiger partial charge is 0.246 e. The van der Waals surface area contributed by atoms with Gasteiger partial charge in [-0.3, -0.25) is 14.5 Å². The molecular weight excluding hydrogens is 398 g/mol. The molecule has 1 aliphatic heterocycles. The van der Waals surface area contributed by atoms with Crippen molar-refractivity contribution in [3.63, 3.8) is 0 Å². The monoisotopic (exact) mass is 425 g/mol. The van der Waals surface area contributed by atoms with Crippen molar-refractivity contribution in [1.29, 1.82) is 0 Å². The first kappa shape index (κ1) is 20.5. The van der Waals surface area contributed by atoms with E-state index in [2.05, 4.69) is 35.6 Å². The second kappa shape index (κ2) is 8.24. The van der Waals surface area contributed by atoms with Crippen LogP contribution >= 0.6 is 0 Å². The molecule has 0 unspecified atom stereocenters. The molecule has 1 N–H and O–H groups in total. The van der Waals surface area contributed by atoms with E-state index in [4.69, 9.17) is 0 Å². The standard InChI is InChI=1S/C27H27N3O2/c1-29-15-22-14-18(6-12-24(22)28-25(31)17-29)7-13-26(32)30(2)16-21-11-10-20-9-8-19-4-3-5-23(21)27(19)20/h3-7,10-14H,8-9,15-17H2,1-2H3,(H,28,31)/b13-7+. The van der Waals surface area contributed by atoms with E-state index in [9.17, 15) is 9.59 Å². The maximum Gasteiger partial charge on any atom is 0.246 e. The van der Waals surface area contributed by atoms with Crippen LogP contribution in [0.4, 0.5) is 5.69 Å². The number of hydrogen-bond acceptors (Lipinski definition) is 3. The zero-order valence-electron chi connectivity index (χ0n) is 18.5. The molecule has 0 saturated carbocycles. The second-order valence-electron chi connectivity index (χ2n) is 8.89. The summed E-state index contributed by atoms with van der Waals surface area (Å²) in [5, 5.41) is 5.58. The molecule has 0 fully saturated rings. The van der Waals surface area contributed by atoms with E-state index in [0.717, 1.165) is 29.7 Å². The number of anilines is 1. The van der Waals surface area contributed by atoms with Crippen LogP contribution in [0.3, 0.4) is 0 Å². The lowest BCUT2D eigenvalue weighted by Gasteiger charge is -2.17. The number of amides is 2. The Kier molecular flexibility index (Phi) is 5.27. The van der Waals surface area contributed by atoms with Gasteiger partial charge in [0.05, 0.1) is 6.54 Å². The van der Waals surface area contributed by atoms with Crippen LogP contribution in [0.2, 0.25) is 0 Å². The molecule has 162 valence electrons. The molecule has 0 saturated heterocycles. The lowest BCUT2D eigenvalue weighted by molar-refractivity contribution is -0.125. The largest absolute Gasteiger partial charge is 0.338 e. The Bertz CT molecular complexity index is 1250. The number of nitrogens with one attached hydrogen (secondary N) is 1. The third-order valence-electron chi connectivity index (χ3n) is 6.43. The number of carbonyl (C=O) groups is 2. The normalized spacial score (nSPS) is 15.6. The molecule has 5 nitrogen and oxygen atoms in total. The fourth-order valence-corrected chi connectivity index (χ4v) is 4.82. The lowest BCUT2D eigenvalue weighted by atomic mass is 9.99. The molecule has 0 spiro atoms. The first-order chi connectivity index (χ1) is 15.5. The Balaban J connectivity index is 1.32. The number of likely N-dealkylation sites (N-methyl/N-ethyl adjacent to an activating group) is 2. The summed E-state index contributed by atoms with van der Waals surface area (Å²) in [5.41, 5.74) is 6.85. The minimum absolute atomic E-state index is 0.00520. The Morgan fingerprint density at radius 1 is 1.06 bits per heavy atom. The molecule has 2 aliphatic rings. The molecular formula is C27H27N3O2. The number of rotatable bonds is 4. The zero-order valence-corrected chi connectivity index (χ0v) is 18.5. The summed E-state index contributed by atoms with van der Waals surface area (Å²) in [5.74, 6) is -0.0389. The second-order valence-corrected chi connectivity index (χ2v) is 8.89. The van der Waals surface area contributed by atoms with Gasteiger partial charge in [0.25, 0.3) is 0 Å². The van der Waals surface area contributed by atoms with Crippen LogP contribution in [0.1, 0.15) is 27.8 Å². The van der Waals surface area contributed by atoms with Gasteiger partial charge in [-0.2, -0.15) is 0 Å². The third-order valence-corrected chi connectivity index (χ3v) is 6.43. The summed E-state index contributed by atoms with van der Waals surface area (Å²) in [6.07, 6.45) is 5.68. The summed E-state index contributed by atoms with van der Waals surface area (Å²) in [7, 11) is 3.77. The van der Waals surface area contributed by atoms with Gasteiger partial charge in [-0.05, 0) is 76.7 Å². The average molecular weight is 426 g/mol. The van der Waals surface area contributed by atoms with Gasteiger partial charge in [0, 0.05) is 31.9 Å². The maximum atomic E-state index is 12.8. The predicted octanol–water partition coefficient (Wildman–Crippen LogP) is 3.99. The molecule has 32 heavy (non-hydrogen) atoms. The predicted molar refractivity (Wildman–Crippen MR) is 128 cm³/mol. The Hall–Kier alpha value is -3.44. The van der Waals surface area contributed by atoms with Gasteiger partial charge in [0.15, 0.2) is 0 Å². The van der Waals surface area contributed by atoms with Gasteiger partial charge in [-0.15, -0.1) is 0 Å². The van der Waals surface area contributed by atoms with Gasteiger partial charge < -0.3 is 10.2 Å². The molecule has 1 aliphatic carbocycles. The molecule has 0 radical (unpaired) electrons. The number of carbonyl (C=O) groups excluding carboxylic acids is 2. The summed E-state index contributed by atoms with van der Waals surface area (Å²) >= 11 is 0. The van der Waals surface area contributed by atoms with Crippen molar-refractivity contribution in [3.05, 3.63) is 82.4 Å². The summed E-state index contributed by atoms with van der Waals surface area (Å²) in [4.78, 5) is 28.4. The number of hydrogen-bond donors (Lipinski definition) is 1. The molecule has 0 bridgehead atoms. The van der Waals surface area contributed by atoms with Crippen molar-refractivity contribution in [3.8, 4) is 0 Å². The summed E-state index contributed by atoms with van der Waals surface area (Å²) in [6, 6.07) is 16.8. The van der Waals surface area contributed by atoms with Gasteiger partial charge in [-0.1, -0.05) is 36.4 Å². The quantitative estimate of drug-likeness (QED) is 0.643. The molecule has 1 heterocycles. The highest BCUT2D eigenvalue weighted by atomic mass is 16.2. The van der Waals surface area contributed by atoms with Crippen LogP contribution < -0.4 is 5.32 Å². The van der Waals surface area contributed by atoms with Crippen LogP contribution in [-0.4, -0.2) is 42.3 Å². The van der Waals surface area contributed by atoms with Crippen molar-refractivity contribution < 1.29 is 9.59 Å². The maximum absolute atomic E-state index is 12.8. The van der Waals surface area contributed by atoms with Crippen LogP contribution in [0.5, 0.6) is 0 Å². The van der Waals surface area contributed by atoms with E-state index in [-0.39, 0.29) is 11.8 Å². The SMILES string of the molecule is CN1CC(=O)Nc2ccc(/C=C/C(=O)N(C)Cc3ccc4c5c(cccc35)CC4)cc2C1. The lowest BCUT2D eigenvalue weighted by Crippen LogP contribution is -2.26. The molecule has 2 amide bonds. The van der Waals surface area contributed by atoms with Crippen LogP contribution in [0.15, 0.2) is 54.6 Å². The minimum atomic E-state index is -0.0337. The molecule has 3 aromatic carbocycles. The first-order valence-corrected chi connectivity index (χ1v) is 11.0. The number of fused-ring (bicyclic) bond motifs is 1. The van der Waals surface area contributed by atoms with Crippen molar-refractivity contribution in [2.75, 3.05) is 26.0 Å². The topological polar surface area (TPSA) is 52.7 Å². The highest BCUT2D eigenvalue weighted by Gasteiger charge is 2.18. The molecule has 5 heteroatoms. The minimum Gasteiger partial charge on any atom is -0.338 e. The first-order valence-electron chi connectivity index (χ1n) is 11.0. The van der Waals surface area contributed by atoms with Gasteiger partial charge in [0.2, 0.25) is 11.8 Å². The van der Waals surface area contributed by atoms with Gasteiger partial charge >= 0.3 is 0 Å². The molecule has 0 atom stereocenters. The van der Waals surface area contributed by atoms with Gasteiger partial charge in [-0.25, -0.2) is 0 Å². The molecule has 0 aromatic heterocycles. The van der Waals surface area contributed by atoms with Crippen molar-refractivity contribution in [2.45, 2.75) is 25.9 Å². The number of aryl methyl sites for hydroxylation is 2. The number of benzene rings is 3. The Labute approximate surface area is 188 Å². The van der Waals surface area contributed by atoms with E-state index in [1.54, 1.807) is 11.0 Å². The van der Waals surface area contributed by atoms with Crippen molar-refractivity contribution >= 4 is 34.4 Å². The van der Waals surface area contributed by atoms with Crippen LogP contribution in [0.25, 0.3) is 16.8 Å². The fraction of sp³-hybridized carbons (Fsp3) is 0.259. The Morgan fingerprint density at radius 2 is 1.88 bits per heavy atom. The average Bonchev–Trinajstić information content (AvgIpc) is 3.13. The zero-order chi connectivity index (χ0) is 22.2. The van der Waals surface area contributed by atoms with Gasteiger partial charge in [0.1, 0.15) is 0 Å². The van der Waals surface area contributed by atoms with Crippen molar-refractivity contribution in [2.24, 2.45) is 0 Å². The van der Waals surface area contributed by atoms with E-state index in [1.807, 2.05) is 43.3 Å². The Morgan fingerprint density at radius 3 is 2.72 bits per heavy atom. The van der Waals surface area contributed by atoms with Crippen LogP contribution in [-0.2, 0) is 35.5 Å². The fourth-order valence-electron chi connectivity index (χ4n) is 4.82. The highest BCUT2D eigenvalue weighted by Crippen LogP contribution is 2.33. The highest BCUT2D eigenvalue weighted by molar-refractivity contribution is 5.96. The summed E-state index contributed by atoms with van der Waals surface area (Å²) < 4.78 is 0. The third kappa shape index (κ3) is 3.92. The van der Waals surface area contributed by atoms with E-state index < -0.39 is 0 Å².